The molecule has 1 aliphatic rings. The minimum absolute atomic E-state index is 0.0331. The Bertz CT molecular complexity index is 351. The maximum atomic E-state index is 11.7. The zero-order chi connectivity index (χ0) is 11.4. The van der Waals surface area contributed by atoms with Crippen LogP contribution in [-0.2, 0) is 16.0 Å². The molecular weight excluding hydrogens is 220 g/mol. The molecule has 1 heterocycles. The maximum absolute atomic E-state index is 11.7. The maximum Gasteiger partial charge on any atom is 0.319 e. The van der Waals surface area contributed by atoms with Gasteiger partial charge < -0.3 is 4.74 Å². The molecule has 1 aromatic rings. The first kappa shape index (κ1) is 11.5. The predicted octanol–water partition coefficient (Wildman–Crippen LogP) is 3.05. The third-order valence-electron chi connectivity index (χ3n) is 2.65. The fourth-order valence-corrected chi connectivity index (χ4v) is 2.92. The highest BCUT2D eigenvalue weighted by atomic mass is 32.2. The van der Waals surface area contributed by atoms with Crippen molar-refractivity contribution in [3.8, 4) is 0 Å². The highest BCUT2D eigenvalue weighted by Gasteiger charge is 2.28. The Morgan fingerprint density at radius 1 is 1.50 bits per heavy atom. The van der Waals surface area contributed by atoms with Crippen LogP contribution in [0.25, 0.3) is 0 Å². The van der Waals surface area contributed by atoms with E-state index in [1.807, 2.05) is 12.1 Å². The van der Waals surface area contributed by atoms with Crippen molar-refractivity contribution < 1.29 is 9.53 Å². The summed E-state index contributed by atoms with van der Waals surface area (Å²) in [5.74, 6) is -0.0605. The van der Waals surface area contributed by atoms with Crippen LogP contribution in [0.2, 0.25) is 0 Å². The summed E-state index contributed by atoms with van der Waals surface area (Å²) < 4.78 is 5.24. The molecule has 1 aliphatic heterocycles. The van der Waals surface area contributed by atoms with E-state index in [2.05, 4.69) is 19.1 Å². The van der Waals surface area contributed by atoms with Gasteiger partial charge in [0.25, 0.3) is 0 Å². The number of thioether (sulfide) groups is 1. The van der Waals surface area contributed by atoms with E-state index in [1.54, 1.807) is 11.8 Å². The lowest BCUT2D eigenvalue weighted by Gasteiger charge is -2.08. The molecule has 3 heteroatoms. The average molecular weight is 236 g/mol. The molecular formula is C13H16O2S. The summed E-state index contributed by atoms with van der Waals surface area (Å²) in [5, 5.41) is -0.0331. The molecule has 2 nitrogen and oxygen atoms in total. The van der Waals surface area contributed by atoms with E-state index in [1.165, 1.54) is 10.5 Å². The summed E-state index contributed by atoms with van der Waals surface area (Å²) in [5.41, 5.74) is 1.27. The molecule has 0 saturated carbocycles. The van der Waals surface area contributed by atoms with Gasteiger partial charge in [-0.1, -0.05) is 31.5 Å². The molecule has 2 rings (SSSR count). The monoisotopic (exact) mass is 236 g/mol. The number of rotatable bonds is 4. The molecule has 86 valence electrons. The minimum atomic E-state index is -0.0605. The molecule has 16 heavy (non-hydrogen) atoms. The Kier molecular flexibility index (Phi) is 3.88. The van der Waals surface area contributed by atoms with Crippen molar-refractivity contribution in [2.24, 2.45) is 0 Å². The van der Waals surface area contributed by atoms with Gasteiger partial charge in [0.1, 0.15) is 5.25 Å². The van der Waals surface area contributed by atoms with E-state index in [0.717, 1.165) is 19.3 Å². The standard InChI is InChI=1S/C13H16O2S/c1-2-3-8-15-13(14)12-9-10-6-4-5-7-11(10)16-12/h4-7,12H,2-3,8-9H2,1H3. The first-order valence-electron chi connectivity index (χ1n) is 5.72. The molecule has 0 radical (unpaired) electrons. The van der Waals surface area contributed by atoms with Crippen LogP contribution in [0.4, 0.5) is 0 Å². The van der Waals surface area contributed by atoms with Crippen LogP contribution < -0.4 is 0 Å². The van der Waals surface area contributed by atoms with Gasteiger partial charge in [-0.05, 0) is 24.5 Å². The van der Waals surface area contributed by atoms with Gasteiger partial charge in [0.2, 0.25) is 0 Å². The van der Waals surface area contributed by atoms with Crippen molar-refractivity contribution in [2.75, 3.05) is 6.61 Å². The number of ether oxygens (including phenoxy) is 1. The SMILES string of the molecule is CCCCOC(=O)C1Cc2ccccc2S1. The topological polar surface area (TPSA) is 26.3 Å². The summed E-state index contributed by atoms with van der Waals surface area (Å²) >= 11 is 1.63. The number of benzene rings is 1. The molecule has 1 aromatic carbocycles. The summed E-state index contributed by atoms with van der Waals surface area (Å²) in [6.45, 7) is 2.65. The van der Waals surface area contributed by atoms with Gasteiger partial charge in [-0.15, -0.1) is 11.8 Å². The number of fused-ring (bicyclic) bond motifs is 1. The molecule has 0 saturated heterocycles. The van der Waals surface area contributed by atoms with Gasteiger partial charge in [-0.2, -0.15) is 0 Å². The van der Waals surface area contributed by atoms with Crippen LogP contribution in [0.3, 0.4) is 0 Å². The molecule has 1 unspecified atom stereocenters. The van der Waals surface area contributed by atoms with Crippen LogP contribution in [0.1, 0.15) is 25.3 Å². The molecule has 0 N–H and O–H groups in total. The molecule has 0 amide bonds. The fourth-order valence-electron chi connectivity index (χ4n) is 1.72. The van der Waals surface area contributed by atoms with Crippen LogP contribution >= 0.6 is 11.8 Å². The third kappa shape index (κ3) is 2.59. The van der Waals surface area contributed by atoms with Crippen LogP contribution in [0.5, 0.6) is 0 Å². The van der Waals surface area contributed by atoms with Crippen LogP contribution in [0.15, 0.2) is 29.2 Å². The Morgan fingerprint density at radius 3 is 3.06 bits per heavy atom. The lowest BCUT2D eigenvalue weighted by atomic mass is 10.1. The van der Waals surface area contributed by atoms with E-state index in [-0.39, 0.29) is 11.2 Å². The summed E-state index contributed by atoms with van der Waals surface area (Å²) in [6.07, 6.45) is 2.83. The Labute approximate surface area is 100 Å². The Hall–Kier alpha value is -0.960. The summed E-state index contributed by atoms with van der Waals surface area (Å²) in [6, 6.07) is 8.18. The third-order valence-corrected chi connectivity index (χ3v) is 3.95. The minimum Gasteiger partial charge on any atom is -0.465 e. The largest absolute Gasteiger partial charge is 0.465 e. The second-order valence-electron chi connectivity index (χ2n) is 3.94. The van der Waals surface area contributed by atoms with Gasteiger partial charge in [0.15, 0.2) is 0 Å². The van der Waals surface area contributed by atoms with Crippen molar-refractivity contribution in [2.45, 2.75) is 36.3 Å². The van der Waals surface area contributed by atoms with Crippen LogP contribution in [-0.4, -0.2) is 17.8 Å². The van der Waals surface area contributed by atoms with E-state index < -0.39 is 0 Å². The quantitative estimate of drug-likeness (QED) is 0.593. The van der Waals surface area contributed by atoms with Gasteiger partial charge in [-0.3, -0.25) is 4.79 Å². The lowest BCUT2D eigenvalue weighted by molar-refractivity contribution is -0.143. The molecule has 0 fully saturated rings. The number of carbonyl (C=O) groups excluding carboxylic acids is 1. The first-order chi connectivity index (χ1) is 7.81. The van der Waals surface area contributed by atoms with Crippen molar-refractivity contribution in [1.82, 2.24) is 0 Å². The first-order valence-corrected chi connectivity index (χ1v) is 6.60. The highest BCUT2D eigenvalue weighted by molar-refractivity contribution is 8.01. The number of hydrogen-bond donors (Lipinski definition) is 0. The Balaban J connectivity index is 1.88. The van der Waals surface area contributed by atoms with E-state index in [4.69, 9.17) is 4.74 Å². The summed E-state index contributed by atoms with van der Waals surface area (Å²) in [4.78, 5) is 13.0. The van der Waals surface area contributed by atoms with E-state index in [0.29, 0.717) is 6.61 Å². The van der Waals surface area contributed by atoms with E-state index >= 15 is 0 Å². The van der Waals surface area contributed by atoms with Gasteiger partial charge >= 0.3 is 5.97 Å². The number of carbonyl (C=O) groups is 1. The Morgan fingerprint density at radius 2 is 2.31 bits per heavy atom. The number of unbranched alkanes of at least 4 members (excludes halogenated alkanes) is 1. The summed E-state index contributed by atoms with van der Waals surface area (Å²) in [7, 11) is 0. The molecule has 1 atom stereocenters. The zero-order valence-electron chi connectivity index (χ0n) is 9.44. The molecule has 0 spiro atoms. The number of esters is 1. The molecule has 0 bridgehead atoms. The van der Waals surface area contributed by atoms with Crippen LogP contribution in [0, 0.1) is 0 Å². The molecule has 0 aliphatic carbocycles. The normalized spacial score (nSPS) is 18.2. The fraction of sp³-hybridized carbons (Fsp3) is 0.462. The number of hydrogen-bond acceptors (Lipinski definition) is 3. The van der Waals surface area contributed by atoms with Gasteiger partial charge in [-0.25, -0.2) is 0 Å². The second-order valence-corrected chi connectivity index (χ2v) is 5.18. The van der Waals surface area contributed by atoms with Crippen molar-refractivity contribution in [3.63, 3.8) is 0 Å². The van der Waals surface area contributed by atoms with Gasteiger partial charge in [0, 0.05) is 4.90 Å². The zero-order valence-corrected chi connectivity index (χ0v) is 10.3. The highest BCUT2D eigenvalue weighted by Crippen LogP contribution is 2.37. The smallest absolute Gasteiger partial charge is 0.319 e. The average Bonchev–Trinajstić information content (AvgIpc) is 2.73. The predicted molar refractivity (Wildman–Crippen MR) is 65.7 cm³/mol. The van der Waals surface area contributed by atoms with Crippen molar-refractivity contribution in [1.29, 1.82) is 0 Å². The van der Waals surface area contributed by atoms with Gasteiger partial charge in [0.05, 0.1) is 6.61 Å². The van der Waals surface area contributed by atoms with E-state index in [9.17, 15) is 4.79 Å². The second kappa shape index (κ2) is 5.39. The van der Waals surface area contributed by atoms with Crippen molar-refractivity contribution >= 4 is 17.7 Å². The lowest BCUT2D eigenvalue weighted by Crippen LogP contribution is -2.20. The molecule has 0 aromatic heterocycles. The van der Waals surface area contributed by atoms with Crippen molar-refractivity contribution in [3.05, 3.63) is 29.8 Å².